The number of hydrogen-bond acceptors (Lipinski definition) is 1. The predicted molar refractivity (Wildman–Crippen MR) is 78.6 cm³/mol. The van der Waals surface area contributed by atoms with E-state index in [0.717, 1.165) is 0 Å². The molecule has 2 aromatic rings. The maximum absolute atomic E-state index is 12.1. The second-order valence-electron chi connectivity index (χ2n) is 3.57. The first-order chi connectivity index (χ1) is 8.58. The molecular formula is C13H8BrCl2NO. The summed E-state index contributed by atoms with van der Waals surface area (Å²) in [6, 6.07) is 12.3. The van der Waals surface area contributed by atoms with Crippen molar-refractivity contribution in [2.75, 3.05) is 5.32 Å². The highest BCUT2D eigenvalue weighted by Gasteiger charge is 2.14. The Morgan fingerprint density at radius 3 is 2.44 bits per heavy atom. The van der Waals surface area contributed by atoms with E-state index < -0.39 is 0 Å². The summed E-state index contributed by atoms with van der Waals surface area (Å²) in [4.78, 5) is 12.1. The zero-order valence-electron chi connectivity index (χ0n) is 9.08. The zero-order chi connectivity index (χ0) is 13.1. The fraction of sp³-hybridized carbons (Fsp3) is 0. The lowest BCUT2D eigenvalue weighted by molar-refractivity contribution is 0.102. The van der Waals surface area contributed by atoms with E-state index in [1.807, 2.05) is 18.2 Å². The van der Waals surface area contributed by atoms with Crippen molar-refractivity contribution in [2.24, 2.45) is 0 Å². The molecule has 0 saturated heterocycles. The molecule has 0 aromatic heterocycles. The highest BCUT2D eigenvalue weighted by molar-refractivity contribution is 9.10. The molecule has 0 unspecified atom stereocenters. The third-order valence-corrected chi connectivity index (χ3v) is 3.87. The standard InChI is InChI=1S/C13H8BrCl2NO/c14-12-10(6-8(15)7-11(12)16)13(18)17-9-4-2-1-3-5-9/h1-7H,(H,17,18). The maximum atomic E-state index is 12.1. The van der Waals surface area contributed by atoms with Crippen LogP contribution in [0.4, 0.5) is 5.69 Å². The van der Waals surface area contributed by atoms with Gasteiger partial charge in [0.1, 0.15) is 0 Å². The summed E-state index contributed by atoms with van der Waals surface area (Å²) in [7, 11) is 0. The maximum Gasteiger partial charge on any atom is 0.256 e. The van der Waals surface area contributed by atoms with Crippen molar-refractivity contribution in [1.29, 1.82) is 0 Å². The monoisotopic (exact) mass is 343 g/mol. The second-order valence-corrected chi connectivity index (χ2v) is 5.21. The molecule has 1 amide bonds. The minimum atomic E-state index is -0.266. The molecule has 0 radical (unpaired) electrons. The highest BCUT2D eigenvalue weighted by Crippen LogP contribution is 2.30. The number of rotatable bonds is 2. The van der Waals surface area contributed by atoms with Gasteiger partial charge in [-0.2, -0.15) is 0 Å². The van der Waals surface area contributed by atoms with E-state index in [-0.39, 0.29) is 5.91 Å². The lowest BCUT2D eigenvalue weighted by Crippen LogP contribution is -2.12. The molecule has 0 heterocycles. The molecule has 18 heavy (non-hydrogen) atoms. The highest BCUT2D eigenvalue weighted by atomic mass is 79.9. The van der Waals surface area contributed by atoms with Crippen LogP contribution in [0, 0.1) is 0 Å². The van der Waals surface area contributed by atoms with E-state index in [1.54, 1.807) is 24.3 Å². The van der Waals surface area contributed by atoms with Gasteiger partial charge in [-0.3, -0.25) is 4.79 Å². The van der Waals surface area contributed by atoms with Crippen molar-refractivity contribution >= 4 is 50.7 Å². The Balaban J connectivity index is 2.30. The molecule has 0 saturated carbocycles. The van der Waals surface area contributed by atoms with E-state index in [1.165, 1.54) is 0 Å². The summed E-state index contributed by atoms with van der Waals surface area (Å²) in [5.41, 5.74) is 1.11. The van der Waals surface area contributed by atoms with Crippen molar-refractivity contribution in [3.63, 3.8) is 0 Å². The van der Waals surface area contributed by atoms with Gasteiger partial charge in [0.05, 0.1) is 10.6 Å². The van der Waals surface area contributed by atoms with E-state index >= 15 is 0 Å². The van der Waals surface area contributed by atoms with Gasteiger partial charge < -0.3 is 5.32 Å². The van der Waals surface area contributed by atoms with Gasteiger partial charge in [0.2, 0.25) is 0 Å². The van der Waals surface area contributed by atoms with Gasteiger partial charge in [0.15, 0.2) is 0 Å². The number of carbonyl (C=O) groups is 1. The van der Waals surface area contributed by atoms with Crippen LogP contribution in [0.5, 0.6) is 0 Å². The van der Waals surface area contributed by atoms with Gasteiger partial charge in [-0.1, -0.05) is 41.4 Å². The average molecular weight is 345 g/mol. The molecular weight excluding hydrogens is 337 g/mol. The van der Waals surface area contributed by atoms with Crippen LogP contribution in [0.15, 0.2) is 46.9 Å². The van der Waals surface area contributed by atoms with Crippen molar-refractivity contribution < 1.29 is 4.79 Å². The first kappa shape index (κ1) is 13.4. The first-order valence-corrected chi connectivity index (χ1v) is 6.64. The smallest absolute Gasteiger partial charge is 0.256 e. The van der Waals surface area contributed by atoms with Gasteiger partial charge in [0, 0.05) is 15.2 Å². The Labute approximate surface area is 123 Å². The van der Waals surface area contributed by atoms with E-state index in [0.29, 0.717) is 25.8 Å². The molecule has 0 bridgehead atoms. The molecule has 1 N–H and O–H groups in total. The van der Waals surface area contributed by atoms with Gasteiger partial charge in [-0.15, -0.1) is 0 Å². The molecule has 0 aliphatic carbocycles. The number of nitrogens with one attached hydrogen (secondary N) is 1. The summed E-state index contributed by atoms with van der Waals surface area (Å²) in [5, 5.41) is 3.59. The van der Waals surface area contributed by atoms with Crippen LogP contribution in [0.3, 0.4) is 0 Å². The summed E-state index contributed by atoms with van der Waals surface area (Å²) in [6.07, 6.45) is 0. The topological polar surface area (TPSA) is 29.1 Å². The summed E-state index contributed by atoms with van der Waals surface area (Å²) in [5.74, 6) is -0.266. The number of hydrogen-bond donors (Lipinski definition) is 1. The normalized spacial score (nSPS) is 10.2. The number of amides is 1. The fourth-order valence-electron chi connectivity index (χ4n) is 1.44. The van der Waals surface area contributed by atoms with Crippen LogP contribution < -0.4 is 5.32 Å². The molecule has 0 fully saturated rings. The van der Waals surface area contributed by atoms with Crippen molar-refractivity contribution in [2.45, 2.75) is 0 Å². The van der Waals surface area contributed by atoms with E-state index in [4.69, 9.17) is 23.2 Å². The molecule has 0 spiro atoms. The van der Waals surface area contributed by atoms with Crippen molar-refractivity contribution in [3.05, 3.63) is 62.5 Å². The average Bonchev–Trinajstić information content (AvgIpc) is 2.35. The minimum Gasteiger partial charge on any atom is -0.322 e. The van der Waals surface area contributed by atoms with Gasteiger partial charge in [0.25, 0.3) is 5.91 Å². The lowest BCUT2D eigenvalue weighted by Gasteiger charge is -2.08. The second kappa shape index (κ2) is 5.74. The molecule has 2 aromatic carbocycles. The Kier molecular flexibility index (Phi) is 4.27. The third kappa shape index (κ3) is 3.05. The van der Waals surface area contributed by atoms with Crippen molar-refractivity contribution in [3.8, 4) is 0 Å². The Hall–Kier alpha value is -1.03. The number of carbonyl (C=O) groups excluding carboxylic acids is 1. The molecule has 5 heteroatoms. The first-order valence-electron chi connectivity index (χ1n) is 5.09. The summed E-state index contributed by atoms with van der Waals surface area (Å²) in [6.45, 7) is 0. The van der Waals surface area contributed by atoms with Gasteiger partial charge in [-0.25, -0.2) is 0 Å². The molecule has 2 nitrogen and oxygen atoms in total. The Morgan fingerprint density at radius 1 is 1.11 bits per heavy atom. The van der Waals surface area contributed by atoms with E-state index in [9.17, 15) is 4.79 Å². The Bertz CT molecular complexity index is 587. The molecule has 0 aliphatic rings. The van der Waals surface area contributed by atoms with Crippen LogP contribution in [-0.2, 0) is 0 Å². The number of anilines is 1. The number of para-hydroxylation sites is 1. The quantitative estimate of drug-likeness (QED) is 0.762. The minimum absolute atomic E-state index is 0.266. The molecule has 0 atom stereocenters. The van der Waals surface area contributed by atoms with Crippen molar-refractivity contribution in [1.82, 2.24) is 0 Å². The number of halogens is 3. The lowest BCUT2D eigenvalue weighted by atomic mass is 10.2. The van der Waals surface area contributed by atoms with Crippen LogP contribution in [0.1, 0.15) is 10.4 Å². The molecule has 2 rings (SSSR count). The summed E-state index contributed by atoms with van der Waals surface area (Å²) < 4.78 is 0.530. The number of benzene rings is 2. The van der Waals surface area contributed by atoms with Crippen LogP contribution >= 0.6 is 39.1 Å². The van der Waals surface area contributed by atoms with Gasteiger partial charge >= 0.3 is 0 Å². The molecule has 92 valence electrons. The van der Waals surface area contributed by atoms with Crippen LogP contribution in [0.2, 0.25) is 10.0 Å². The zero-order valence-corrected chi connectivity index (χ0v) is 12.2. The van der Waals surface area contributed by atoms with Gasteiger partial charge in [-0.05, 0) is 40.2 Å². The molecule has 0 aliphatic heterocycles. The Morgan fingerprint density at radius 2 is 1.78 bits per heavy atom. The SMILES string of the molecule is O=C(Nc1ccccc1)c1cc(Cl)cc(Cl)c1Br. The third-order valence-electron chi connectivity index (χ3n) is 2.27. The fourth-order valence-corrected chi connectivity index (χ4v) is 2.34. The van der Waals surface area contributed by atoms with E-state index in [2.05, 4.69) is 21.2 Å². The van der Waals surface area contributed by atoms with Crippen LogP contribution in [0.25, 0.3) is 0 Å². The van der Waals surface area contributed by atoms with Crippen LogP contribution in [-0.4, -0.2) is 5.91 Å². The summed E-state index contributed by atoms with van der Waals surface area (Å²) >= 11 is 15.1. The predicted octanol–water partition coefficient (Wildman–Crippen LogP) is 5.01. The largest absolute Gasteiger partial charge is 0.322 e.